The topological polar surface area (TPSA) is 3.24 Å². The maximum atomic E-state index is 4.26. The van der Waals surface area contributed by atoms with Gasteiger partial charge in [0.1, 0.15) is 0 Å². The molecule has 1 aliphatic rings. The number of nitrogens with zero attached hydrogens (tertiary/aromatic N) is 1. The molecule has 1 fully saturated rings. The van der Waals surface area contributed by atoms with Crippen LogP contribution < -0.4 is 0 Å². The van der Waals surface area contributed by atoms with Gasteiger partial charge in [-0.2, -0.15) is 0 Å². The first-order valence-electron chi connectivity index (χ1n) is 9.63. The van der Waals surface area contributed by atoms with Gasteiger partial charge in [0.15, 0.2) is 0 Å². The van der Waals surface area contributed by atoms with Crippen molar-refractivity contribution in [2.75, 3.05) is 6.54 Å². The van der Waals surface area contributed by atoms with E-state index in [-0.39, 0.29) is 0 Å². The van der Waals surface area contributed by atoms with E-state index in [4.69, 9.17) is 0 Å². The van der Waals surface area contributed by atoms with Gasteiger partial charge in [0, 0.05) is 19.1 Å². The van der Waals surface area contributed by atoms with Gasteiger partial charge in [-0.25, -0.2) is 0 Å². The van der Waals surface area contributed by atoms with Crippen LogP contribution in [0, 0.1) is 0 Å². The summed E-state index contributed by atoms with van der Waals surface area (Å²) in [7, 11) is 0. The SMILES string of the molecule is C=Cc1ccc(CN(CC(=C)/C=C\C=C/C)C2CCCC2)cc1CC. The van der Waals surface area contributed by atoms with Gasteiger partial charge in [-0.3, -0.25) is 4.90 Å². The third kappa shape index (κ3) is 5.86. The van der Waals surface area contributed by atoms with Crippen LogP contribution in [0.15, 0.2) is 61.2 Å². The summed E-state index contributed by atoms with van der Waals surface area (Å²) in [4.78, 5) is 2.62. The molecule has 2 rings (SSSR count). The number of aryl methyl sites for hydroxylation is 1. The van der Waals surface area contributed by atoms with Gasteiger partial charge >= 0.3 is 0 Å². The molecule has 0 aliphatic heterocycles. The molecule has 0 amide bonds. The number of benzene rings is 1. The van der Waals surface area contributed by atoms with Crippen molar-refractivity contribution in [3.63, 3.8) is 0 Å². The first-order chi connectivity index (χ1) is 12.2. The summed E-state index contributed by atoms with van der Waals surface area (Å²) >= 11 is 0. The number of hydrogen-bond donors (Lipinski definition) is 0. The summed E-state index contributed by atoms with van der Waals surface area (Å²) in [6, 6.07) is 7.53. The van der Waals surface area contributed by atoms with Crippen molar-refractivity contribution in [3.05, 3.63) is 77.9 Å². The minimum absolute atomic E-state index is 0.691. The largest absolute Gasteiger partial charge is 0.292 e. The molecule has 0 bridgehead atoms. The molecule has 0 atom stereocenters. The maximum Gasteiger partial charge on any atom is 0.0240 e. The summed E-state index contributed by atoms with van der Waals surface area (Å²) in [6.07, 6.45) is 16.7. The van der Waals surface area contributed by atoms with Gasteiger partial charge in [-0.15, -0.1) is 0 Å². The third-order valence-electron chi connectivity index (χ3n) is 5.08. The smallest absolute Gasteiger partial charge is 0.0240 e. The zero-order valence-electron chi connectivity index (χ0n) is 16.0. The standard InChI is InChI=1S/C24H33N/c1-5-8-9-12-20(4)18-25(24-13-10-11-14-24)19-21-15-16-22(6-2)23(7-3)17-21/h5-6,8-9,12,15-17,24H,2,4,7,10-11,13-14,18-19H2,1,3H3/b8-5-,12-9-. The molecule has 1 saturated carbocycles. The minimum Gasteiger partial charge on any atom is -0.292 e. The van der Waals surface area contributed by atoms with Crippen LogP contribution in [0.5, 0.6) is 0 Å². The first kappa shape index (κ1) is 19.5. The highest BCUT2D eigenvalue weighted by atomic mass is 15.2. The number of hydrogen-bond acceptors (Lipinski definition) is 1. The highest BCUT2D eigenvalue weighted by Gasteiger charge is 2.22. The van der Waals surface area contributed by atoms with Crippen LogP contribution in [0.25, 0.3) is 6.08 Å². The van der Waals surface area contributed by atoms with Gasteiger partial charge in [0.05, 0.1) is 0 Å². The monoisotopic (exact) mass is 335 g/mol. The van der Waals surface area contributed by atoms with Crippen LogP contribution in [0.3, 0.4) is 0 Å². The summed E-state index contributed by atoms with van der Waals surface area (Å²) in [5, 5.41) is 0. The van der Waals surface area contributed by atoms with E-state index in [1.54, 1.807) is 0 Å². The second kappa shape index (κ2) is 10.2. The van der Waals surface area contributed by atoms with Crippen LogP contribution in [-0.2, 0) is 13.0 Å². The van der Waals surface area contributed by atoms with Crippen molar-refractivity contribution in [1.29, 1.82) is 0 Å². The van der Waals surface area contributed by atoms with Gasteiger partial charge in [0.2, 0.25) is 0 Å². The Labute approximate surface area is 154 Å². The molecule has 0 heterocycles. The van der Waals surface area contributed by atoms with E-state index in [1.807, 2.05) is 19.1 Å². The lowest BCUT2D eigenvalue weighted by Crippen LogP contribution is -2.34. The zero-order chi connectivity index (χ0) is 18.1. The Morgan fingerprint density at radius 1 is 1.24 bits per heavy atom. The van der Waals surface area contributed by atoms with E-state index in [1.165, 1.54) is 47.9 Å². The van der Waals surface area contributed by atoms with Crippen molar-refractivity contribution in [2.45, 2.75) is 58.5 Å². The molecule has 1 heteroatoms. The van der Waals surface area contributed by atoms with Gasteiger partial charge in [0.25, 0.3) is 0 Å². The molecule has 1 nitrogen and oxygen atoms in total. The molecule has 0 radical (unpaired) electrons. The summed E-state index contributed by atoms with van der Waals surface area (Å²) in [5.74, 6) is 0. The number of allylic oxidation sites excluding steroid dienone is 3. The van der Waals surface area contributed by atoms with Gasteiger partial charge < -0.3 is 0 Å². The summed E-state index contributed by atoms with van der Waals surface area (Å²) < 4.78 is 0. The molecule has 1 aromatic carbocycles. The van der Waals surface area contributed by atoms with Crippen molar-refractivity contribution >= 4 is 6.08 Å². The van der Waals surface area contributed by atoms with Gasteiger partial charge in [-0.1, -0.05) is 81.5 Å². The highest BCUT2D eigenvalue weighted by Crippen LogP contribution is 2.26. The average molecular weight is 336 g/mol. The molecular weight excluding hydrogens is 302 g/mol. The Kier molecular flexibility index (Phi) is 7.94. The van der Waals surface area contributed by atoms with Crippen molar-refractivity contribution < 1.29 is 0 Å². The Morgan fingerprint density at radius 2 is 2.00 bits per heavy atom. The molecule has 0 saturated heterocycles. The Morgan fingerprint density at radius 3 is 2.64 bits per heavy atom. The second-order valence-electron chi connectivity index (χ2n) is 6.98. The van der Waals surface area contributed by atoms with E-state index < -0.39 is 0 Å². The summed E-state index contributed by atoms with van der Waals surface area (Å²) in [5.41, 5.74) is 5.24. The molecule has 1 aromatic rings. The molecule has 0 unspecified atom stereocenters. The van der Waals surface area contributed by atoms with E-state index >= 15 is 0 Å². The molecular formula is C24H33N. The molecule has 0 N–H and O–H groups in total. The van der Waals surface area contributed by atoms with Crippen molar-refractivity contribution in [3.8, 4) is 0 Å². The molecule has 1 aliphatic carbocycles. The third-order valence-corrected chi connectivity index (χ3v) is 5.08. The normalized spacial score (nSPS) is 15.6. The fraction of sp³-hybridized carbons (Fsp3) is 0.417. The van der Waals surface area contributed by atoms with E-state index in [0.717, 1.165) is 19.5 Å². The van der Waals surface area contributed by atoms with Crippen LogP contribution in [-0.4, -0.2) is 17.5 Å². The predicted molar refractivity (Wildman–Crippen MR) is 112 cm³/mol. The lowest BCUT2D eigenvalue weighted by atomic mass is 10.0. The van der Waals surface area contributed by atoms with Crippen LogP contribution >= 0.6 is 0 Å². The van der Waals surface area contributed by atoms with Crippen LogP contribution in [0.2, 0.25) is 0 Å². The highest BCUT2D eigenvalue weighted by molar-refractivity contribution is 5.52. The minimum atomic E-state index is 0.691. The van der Waals surface area contributed by atoms with E-state index in [0.29, 0.717) is 6.04 Å². The van der Waals surface area contributed by atoms with Gasteiger partial charge in [-0.05, 0) is 48.4 Å². The second-order valence-corrected chi connectivity index (χ2v) is 6.98. The Hall–Kier alpha value is -1.86. The average Bonchev–Trinajstić information content (AvgIpc) is 3.16. The zero-order valence-corrected chi connectivity index (χ0v) is 16.0. The molecule has 134 valence electrons. The Balaban J connectivity index is 2.13. The van der Waals surface area contributed by atoms with E-state index in [2.05, 4.69) is 61.4 Å². The molecule has 0 aromatic heterocycles. The fourth-order valence-electron chi connectivity index (χ4n) is 3.70. The Bertz CT molecular complexity index is 629. The van der Waals surface area contributed by atoms with Crippen LogP contribution in [0.4, 0.5) is 0 Å². The summed E-state index contributed by atoms with van der Waals surface area (Å²) in [6.45, 7) is 14.4. The maximum absolute atomic E-state index is 4.26. The van der Waals surface area contributed by atoms with Crippen molar-refractivity contribution in [1.82, 2.24) is 4.90 Å². The van der Waals surface area contributed by atoms with Crippen molar-refractivity contribution in [2.24, 2.45) is 0 Å². The van der Waals surface area contributed by atoms with Crippen LogP contribution in [0.1, 0.15) is 56.2 Å². The fourth-order valence-corrected chi connectivity index (χ4v) is 3.70. The quantitative estimate of drug-likeness (QED) is 0.477. The molecule has 0 spiro atoms. The lowest BCUT2D eigenvalue weighted by Gasteiger charge is -2.29. The lowest BCUT2D eigenvalue weighted by molar-refractivity contribution is 0.208. The van der Waals surface area contributed by atoms with E-state index in [9.17, 15) is 0 Å². The first-order valence-corrected chi connectivity index (χ1v) is 9.63. The number of rotatable bonds is 9. The molecule has 25 heavy (non-hydrogen) atoms. The predicted octanol–water partition coefficient (Wildman–Crippen LogP) is 6.33.